The van der Waals surface area contributed by atoms with Crippen molar-refractivity contribution in [2.45, 2.75) is 11.8 Å². The van der Waals surface area contributed by atoms with Gasteiger partial charge in [0.15, 0.2) is 0 Å². The fraction of sp³-hybridized carbons (Fsp3) is 0.111. The lowest BCUT2D eigenvalue weighted by Gasteiger charge is -2.13. The molecule has 0 radical (unpaired) electrons. The summed E-state index contributed by atoms with van der Waals surface area (Å²) in [5.41, 5.74) is 3.04. The zero-order chi connectivity index (χ0) is 15.1. The van der Waals surface area contributed by atoms with Crippen molar-refractivity contribution in [1.29, 1.82) is 0 Å². The molecule has 2 nitrogen and oxygen atoms in total. The Balaban J connectivity index is 2.48. The highest BCUT2D eigenvalue weighted by Gasteiger charge is 2.32. The standard InChI is InChI=1S/C18H13BrO2/c1-3-4-6-11-12-7-5-8-13-16(12)15(18(21)17(13)20)9-14(11)10(2)19/h3-10H,1H2,2H3/b6-4-. The average Bonchev–Trinajstić information content (AvgIpc) is 2.72. The van der Waals surface area contributed by atoms with E-state index < -0.39 is 11.6 Å². The van der Waals surface area contributed by atoms with Crippen LogP contribution in [0, 0.1) is 0 Å². The second-order valence-corrected chi connectivity index (χ2v) is 6.40. The topological polar surface area (TPSA) is 34.1 Å². The van der Waals surface area contributed by atoms with E-state index in [4.69, 9.17) is 0 Å². The van der Waals surface area contributed by atoms with Gasteiger partial charge in [-0.3, -0.25) is 9.59 Å². The minimum absolute atomic E-state index is 0.0785. The molecule has 0 aromatic heterocycles. The van der Waals surface area contributed by atoms with Gasteiger partial charge in [-0.05, 0) is 29.5 Å². The molecule has 0 bridgehead atoms. The lowest BCUT2D eigenvalue weighted by atomic mass is 9.93. The molecule has 0 N–H and O–H groups in total. The number of carbonyl (C=O) groups excluding carboxylic acids is 2. The summed E-state index contributed by atoms with van der Waals surface area (Å²) < 4.78 is 0. The van der Waals surface area contributed by atoms with Crippen LogP contribution in [0.3, 0.4) is 0 Å². The third kappa shape index (κ3) is 2.00. The van der Waals surface area contributed by atoms with Gasteiger partial charge in [0, 0.05) is 21.3 Å². The lowest BCUT2D eigenvalue weighted by molar-refractivity contribution is 0.0825. The molecular formula is C18H13BrO2. The van der Waals surface area contributed by atoms with Crippen LogP contribution in [0.2, 0.25) is 0 Å². The number of carbonyl (C=O) groups is 2. The van der Waals surface area contributed by atoms with Gasteiger partial charge in [0.1, 0.15) is 0 Å². The maximum absolute atomic E-state index is 12.2. The Labute approximate surface area is 131 Å². The SMILES string of the molecule is C=C/C=C\c1c(C(C)Br)cc2c3c(cccc13)C(=O)C2=O. The van der Waals surface area contributed by atoms with Gasteiger partial charge in [0.25, 0.3) is 0 Å². The molecule has 104 valence electrons. The van der Waals surface area contributed by atoms with Crippen molar-refractivity contribution >= 4 is 44.3 Å². The lowest BCUT2D eigenvalue weighted by Crippen LogP contribution is -2.06. The van der Waals surface area contributed by atoms with Crippen LogP contribution >= 0.6 is 15.9 Å². The molecule has 3 rings (SSSR count). The van der Waals surface area contributed by atoms with Crippen molar-refractivity contribution in [3.8, 4) is 0 Å². The predicted molar refractivity (Wildman–Crippen MR) is 89.2 cm³/mol. The van der Waals surface area contributed by atoms with Crippen molar-refractivity contribution < 1.29 is 9.59 Å². The molecular weight excluding hydrogens is 328 g/mol. The molecule has 0 aliphatic heterocycles. The number of hydrogen-bond acceptors (Lipinski definition) is 2. The van der Waals surface area contributed by atoms with Gasteiger partial charge >= 0.3 is 0 Å². The third-order valence-corrected chi connectivity index (χ3v) is 4.25. The van der Waals surface area contributed by atoms with E-state index >= 15 is 0 Å². The smallest absolute Gasteiger partial charge is 0.234 e. The maximum atomic E-state index is 12.2. The number of halogens is 1. The first-order valence-corrected chi connectivity index (χ1v) is 7.59. The van der Waals surface area contributed by atoms with Crippen LogP contribution in [-0.2, 0) is 0 Å². The van der Waals surface area contributed by atoms with Gasteiger partial charge < -0.3 is 0 Å². The molecule has 0 saturated carbocycles. The van der Waals surface area contributed by atoms with E-state index in [0.717, 1.165) is 21.9 Å². The Hall–Kier alpha value is -2.00. The molecule has 0 saturated heterocycles. The number of hydrogen-bond donors (Lipinski definition) is 0. The zero-order valence-electron chi connectivity index (χ0n) is 11.5. The van der Waals surface area contributed by atoms with E-state index in [2.05, 4.69) is 22.5 Å². The maximum Gasteiger partial charge on any atom is 0.234 e. The molecule has 0 heterocycles. The third-order valence-electron chi connectivity index (χ3n) is 3.76. The summed E-state index contributed by atoms with van der Waals surface area (Å²) in [7, 11) is 0. The van der Waals surface area contributed by atoms with Crippen LogP contribution in [0.1, 0.15) is 43.6 Å². The molecule has 3 heteroatoms. The Morgan fingerprint density at radius 2 is 1.90 bits per heavy atom. The normalized spacial score (nSPS) is 15.1. The highest BCUT2D eigenvalue weighted by atomic mass is 79.9. The monoisotopic (exact) mass is 340 g/mol. The summed E-state index contributed by atoms with van der Waals surface area (Å²) in [4.78, 5) is 24.3. The largest absolute Gasteiger partial charge is 0.285 e. The van der Waals surface area contributed by atoms with E-state index in [-0.39, 0.29) is 4.83 Å². The molecule has 1 aliphatic carbocycles. The highest BCUT2D eigenvalue weighted by Crippen LogP contribution is 2.39. The second kappa shape index (κ2) is 5.08. The molecule has 21 heavy (non-hydrogen) atoms. The molecule has 0 fully saturated rings. The van der Waals surface area contributed by atoms with E-state index in [1.54, 1.807) is 12.1 Å². The predicted octanol–water partition coefficient (Wildman–Crippen LogP) is 4.87. The summed E-state index contributed by atoms with van der Waals surface area (Å²) in [5.74, 6) is -0.816. The zero-order valence-corrected chi connectivity index (χ0v) is 13.1. The molecule has 1 atom stereocenters. The summed E-state index contributed by atoms with van der Waals surface area (Å²) in [6.45, 7) is 5.70. The molecule has 1 unspecified atom stereocenters. The molecule has 0 spiro atoms. The number of alkyl halides is 1. The van der Waals surface area contributed by atoms with Gasteiger partial charge in [0.05, 0.1) is 0 Å². The van der Waals surface area contributed by atoms with Crippen LogP contribution in [0.4, 0.5) is 0 Å². The first-order valence-electron chi connectivity index (χ1n) is 6.68. The Morgan fingerprint density at radius 1 is 1.19 bits per heavy atom. The van der Waals surface area contributed by atoms with Crippen LogP contribution in [0.5, 0.6) is 0 Å². The van der Waals surface area contributed by atoms with Crippen LogP contribution in [0.15, 0.2) is 43.0 Å². The van der Waals surface area contributed by atoms with E-state index in [1.807, 2.05) is 37.3 Å². The minimum atomic E-state index is -0.409. The van der Waals surface area contributed by atoms with E-state index in [1.165, 1.54) is 0 Å². The van der Waals surface area contributed by atoms with Crippen LogP contribution in [-0.4, -0.2) is 11.6 Å². The number of allylic oxidation sites excluding steroid dienone is 2. The van der Waals surface area contributed by atoms with Crippen LogP contribution in [0.25, 0.3) is 16.8 Å². The number of rotatable bonds is 3. The van der Waals surface area contributed by atoms with Crippen molar-refractivity contribution in [3.63, 3.8) is 0 Å². The molecule has 0 amide bonds. The minimum Gasteiger partial charge on any atom is -0.285 e. The molecule has 1 aliphatic rings. The van der Waals surface area contributed by atoms with E-state index in [9.17, 15) is 9.59 Å². The molecule has 2 aromatic rings. The van der Waals surface area contributed by atoms with Gasteiger partial charge in [-0.2, -0.15) is 0 Å². The first kappa shape index (κ1) is 14.0. The Bertz CT molecular complexity index is 829. The van der Waals surface area contributed by atoms with Crippen LogP contribution < -0.4 is 0 Å². The van der Waals surface area contributed by atoms with Gasteiger partial charge in [-0.25, -0.2) is 0 Å². The van der Waals surface area contributed by atoms with Crippen molar-refractivity contribution in [3.05, 3.63) is 65.3 Å². The molecule has 2 aromatic carbocycles. The summed E-state index contributed by atoms with van der Waals surface area (Å²) in [6, 6.07) is 7.33. The fourth-order valence-electron chi connectivity index (χ4n) is 2.82. The summed E-state index contributed by atoms with van der Waals surface area (Å²) in [5, 5.41) is 1.71. The first-order chi connectivity index (χ1) is 10.1. The Morgan fingerprint density at radius 3 is 2.57 bits per heavy atom. The second-order valence-electron chi connectivity index (χ2n) is 5.02. The summed E-state index contributed by atoms with van der Waals surface area (Å²) >= 11 is 3.57. The summed E-state index contributed by atoms with van der Waals surface area (Å²) in [6.07, 6.45) is 5.54. The number of Topliss-reactive ketones (excluding diaryl/α,β-unsaturated/α-hetero) is 2. The quantitative estimate of drug-likeness (QED) is 0.453. The van der Waals surface area contributed by atoms with Gasteiger partial charge in [0.2, 0.25) is 11.6 Å². The number of ketones is 2. The van der Waals surface area contributed by atoms with Gasteiger partial charge in [-0.1, -0.05) is 58.9 Å². The van der Waals surface area contributed by atoms with Crippen molar-refractivity contribution in [2.75, 3.05) is 0 Å². The Kier molecular flexibility index (Phi) is 3.38. The van der Waals surface area contributed by atoms with Crippen molar-refractivity contribution in [1.82, 2.24) is 0 Å². The van der Waals surface area contributed by atoms with E-state index in [0.29, 0.717) is 11.1 Å². The average molecular weight is 341 g/mol. The van der Waals surface area contributed by atoms with Crippen molar-refractivity contribution in [2.24, 2.45) is 0 Å². The number of benzene rings is 2. The van der Waals surface area contributed by atoms with Gasteiger partial charge in [-0.15, -0.1) is 0 Å². The highest BCUT2D eigenvalue weighted by molar-refractivity contribution is 9.09. The fourth-order valence-corrected chi connectivity index (χ4v) is 3.20.